The lowest BCUT2D eigenvalue weighted by molar-refractivity contribution is -0.136. The molecule has 128 valence electrons. The van der Waals surface area contributed by atoms with Gasteiger partial charge in [0.15, 0.2) is 0 Å². The Labute approximate surface area is 133 Å². The van der Waals surface area contributed by atoms with Gasteiger partial charge in [-0.1, -0.05) is 6.92 Å². The molecule has 0 radical (unpaired) electrons. The topological polar surface area (TPSA) is 87.9 Å². The molecule has 7 nitrogen and oxygen atoms in total. The van der Waals surface area contributed by atoms with Crippen molar-refractivity contribution in [1.82, 2.24) is 15.1 Å². The number of amides is 2. The van der Waals surface area contributed by atoms with E-state index in [1.807, 2.05) is 6.92 Å². The minimum atomic E-state index is -0.119. The molecule has 2 atom stereocenters. The van der Waals surface area contributed by atoms with Crippen LogP contribution in [0.2, 0.25) is 0 Å². The van der Waals surface area contributed by atoms with Crippen LogP contribution in [-0.2, 0) is 14.3 Å². The van der Waals surface area contributed by atoms with Gasteiger partial charge in [0.2, 0.25) is 11.8 Å². The van der Waals surface area contributed by atoms with E-state index in [0.29, 0.717) is 19.6 Å². The molecule has 0 aromatic heterocycles. The number of carbonyl (C=O) groups is 2. The van der Waals surface area contributed by atoms with Gasteiger partial charge in [-0.2, -0.15) is 0 Å². The molecular formula is C15H30N4O3. The molecule has 22 heavy (non-hydrogen) atoms. The number of likely N-dealkylation sites (tertiary alicyclic amines) is 1. The highest BCUT2D eigenvalue weighted by Gasteiger charge is 2.29. The van der Waals surface area contributed by atoms with Gasteiger partial charge in [0.05, 0.1) is 19.2 Å². The first-order chi connectivity index (χ1) is 10.5. The van der Waals surface area contributed by atoms with Crippen LogP contribution in [0.15, 0.2) is 0 Å². The zero-order valence-corrected chi connectivity index (χ0v) is 14.0. The molecule has 0 saturated carbocycles. The molecule has 1 heterocycles. The predicted octanol–water partition coefficient (Wildman–Crippen LogP) is -0.591. The predicted molar refractivity (Wildman–Crippen MR) is 85.4 cm³/mol. The number of methoxy groups -OCH3 is 1. The fourth-order valence-electron chi connectivity index (χ4n) is 2.65. The van der Waals surface area contributed by atoms with Crippen molar-refractivity contribution in [3.63, 3.8) is 0 Å². The molecular weight excluding hydrogens is 284 g/mol. The van der Waals surface area contributed by atoms with Crippen LogP contribution >= 0.6 is 0 Å². The Morgan fingerprint density at radius 2 is 2.18 bits per heavy atom. The second kappa shape index (κ2) is 9.76. The summed E-state index contributed by atoms with van der Waals surface area (Å²) in [5.74, 6) is -0.174. The Morgan fingerprint density at radius 3 is 2.77 bits per heavy atom. The molecule has 1 rings (SSSR count). The van der Waals surface area contributed by atoms with Crippen molar-refractivity contribution < 1.29 is 14.3 Å². The van der Waals surface area contributed by atoms with Crippen LogP contribution in [0.3, 0.4) is 0 Å². The number of hydrogen-bond acceptors (Lipinski definition) is 5. The minimum absolute atomic E-state index is 0.0547. The standard InChI is InChI=1S/C15H30N4O3/c1-4-6-17-14(20)10-18(2)15(21)11-19-7-5-13(22-3)8-12(19)9-16/h12-13H,4-11,16H2,1-3H3,(H,17,20). The van der Waals surface area contributed by atoms with Crippen LogP contribution in [0, 0.1) is 0 Å². The third-order valence-corrected chi connectivity index (χ3v) is 4.11. The van der Waals surface area contributed by atoms with Gasteiger partial charge in [0.25, 0.3) is 0 Å². The fraction of sp³-hybridized carbons (Fsp3) is 0.867. The van der Waals surface area contributed by atoms with Crippen molar-refractivity contribution in [2.24, 2.45) is 5.73 Å². The Kier molecular flexibility index (Phi) is 8.37. The van der Waals surface area contributed by atoms with Gasteiger partial charge >= 0.3 is 0 Å². The van der Waals surface area contributed by atoms with Crippen LogP contribution in [0.1, 0.15) is 26.2 Å². The van der Waals surface area contributed by atoms with E-state index < -0.39 is 0 Å². The molecule has 7 heteroatoms. The summed E-state index contributed by atoms with van der Waals surface area (Å²) in [6.07, 6.45) is 2.86. The first-order valence-corrected chi connectivity index (χ1v) is 7.99. The number of likely N-dealkylation sites (N-methyl/N-ethyl adjacent to an activating group) is 1. The Balaban J connectivity index is 2.44. The van der Waals surface area contributed by atoms with Crippen LogP contribution in [0.4, 0.5) is 0 Å². The van der Waals surface area contributed by atoms with Crippen molar-refractivity contribution in [2.75, 3.05) is 46.9 Å². The first kappa shape index (κ1) is 18.9. The van der Waals surface area contributed by atoms with Crippen molar-refractivity contribution >= 4 is 11.8 Å². The van der Waals surface area contributed by atoms with E-state index in [4.69, 9.17) is 10.5 Å². The minimum Gasteiger partial charge on any atom is -0.381 e. The highest BCUT2D eigenvalue weighted by molar-refractivity contribution is 5.85. The SMILES string of the molecule is CCCNC(=O)CN(C)C(=O)CN1CCC(OC)CC1CN. The van der Waals surface area contributed by atoms with E-state index in [1.54, 1.807) is 14.2 Å². The smallest absolute Gasteiger partial charge is 0.239 e. The summed E-state index contributed by atoms with van der Waals surface area (Å²) in [5.41, 5.74) is 5.81. The summed E-state index contributed by atoms with van der Waals surface area (Å²) < 4.78 is 5.38. The van der Waals surface area contributed by atoms with Crippen LogP contribution < -0.4 is 11.1 Å². The lowest BCUT2D eigenvalue weighted by Crippen LogP contribution is -2.52. The second-order valence-electron chi connectivity index (χ2n) is 5.84. The second-order valence-corrected chi connectivity index (χ2v) is 5.84. The summed E-state index contributed by atoms with van der Waals surface area (Å²) in [7, 11) is 3.37. The lowest BCUT2D eigenvalue weighted by Gasteiger charge is -2.38. The maximum atomic E-state index is 12.3. The van der Waals surface area contributed by atoms with Crippen molar-refractivity contribution in [2.45, 2.75) is 38.3 Å². The van der Waals surface area contributed by atoms with E-state index >= 15 is 0 Å². The molecule has 1 aliphatic heterocycles. The number of rotatable bonds is 8. The van der Waals surface area contributed by atoms with Crippen molar-refractivity contribution in [3.8, 4) is 0 Å². The van der Waals surface area contributed by atoms with Gasteiger partial charge in [-0.3, -0.25) is 14.5 Å². The third kappa shape index (κ3) is 5.90. The zero-order chi connectivity index (χ0) is 16.5. The maximum absolute atomic E-state index is 12.3. The summed E-state index contributed by atoms with van der Waals surface area (Å²) in [4.78, 5) is 27.5. The van der Waals surface area contributed by atoms with Gasteiger partial charge in [-0.15, -0.1) is 0 Å². The number of nitrogens with one attached hydrogen (secondary N) is 1. The van der Waals surface area contributed by atoms with Gasteiger partial charge in [-0.05, 0) is 19.3 Å². The van der Waals surface area contributed by atoms with Crippen LogP contribution in [-0.4, -0.2) is 80.6 Å². The van der Waals surface area contributed by atoms with Crippen molar-refractivity contribution in [3.05, 3.63) is 0 Å². The number of ether oxygens (including phenoxy) is 1. The van der Waals surface area contributed by atoms with Crippen LogP contribution in [0.5, 0.6) is 0 Å². The molecule has 0 aromatic rings. The monoisotopic (exact) mass is 314 g/mol. The maximum Gasteiger partial charge on any atom is 0.239 e. The number of nitrogens with zero attached hydrogens (tertiary/aromatic N) is 2. The number of carbonyl (C=O) groups excluding carboxylic acids is 2. The number of hydrogen-bond donors (Lipinski definition) is 2. The highest BCUT2D eigenvalue weighted by atomic mass is 16.5. The average molecular weight is 314 g/mol. The summed E-state index contributed by atoms with van der Waals surface area (Å²) >= 11 is 0. The molecule has 0 spiro atoms. The van der Waals surface area contributed by atoms with E-state index in [-0.39, 0.29) is 30.5 Å². The van der Waals surface area contributed by atoms with Crippen molar-refractivity contribution in [1.29, 1.82) is 0 Å². The van der Waals surface area contributed by atoms with Gasteiger partial charge in [0.1, 0.15) is 0 Å². The van der Waals surface area contributed by atoms with E-state index in [0.717, 1.165) is 25.8 Å². The Morgan fingerprint density at radius 1 is 1.45 bits per heavy atom. The van der Waals surface area contributed by atoms with Gasteiger partial charge in [-0.25, -0.2) is 0 Å². The molecule has 1 saturated heterocycles. The molecule has 0 aromatic carbocycles. The molecule has 1 fully saturated rings. The molecule has 3 N–H and O–H groups in total. The Hall–Kier alpha value is -1.18. The van der Waals surface area contributed by atoms with E-state index in [1.165, 1.54) is 4.90 Å². The van der Waals surface area contributed by atoms with E-state index in [2.05, 4.69) is 10.2 Å². The van der Waals surface area contributed by atoms with Gasteiger partial charge in [0, 0.05) is 39.8 Å². The number of piperidine rings is 1. The van der Waals surface area contributed by atoms with Crippen LogP contribution in [0.25, 0.3) is 0 Å². The molecule has 0 bridgehead atoms. The quantitative estimate of drug-likeness (QED) is 0.625. The van der Waals surface area contributed by atoms with Gasteiger partial charge < -0.3 is 20.7 Å². The average Bonchev–Trinajstić information content (AvgIpc) is 2.52. The summed E-state index contributed by atoms with van der Waals surface area (Å²) in [5, 5.41) is 2.77. The molecule has 2 amide bonds. The van der Waals surface area contributed by atoms with E-state index in [9.17, 15) is 9.59 Å². The Bertz CT molecular complexity index is 365. The summed E-state index contributed by atoms with van der Waals surface area (Å²) in [6.45, 7) is 4.33. The normalized spacial score (nSPS) is 22.4. The number of nitrogens with two attached hydrogens (primary N) is 1. The third-order valence-electron chi connectivity index (χ3n) is 4.11. The largest absolute Gasteiger partial charge is 0.381 e. The fourth-order valence-corrected chi connectivity index (χ4v) is 2.65. The molecule has 2 unspecified atom stereocenters. The highest BCUT2D eigenvalue weighted by Crippen LogP contribution is 2.18. The zero-order valence-electron chi connectivity index (χ0n) is 14.0. The molecule has 0 aliphatic carbocycles. The first-order valence-electron chi connectivity index (χ1n) is 7.99. The molecule has 1 aliphatic rings. The lowest BCUT2D eigenvalue weighted by atomic mass is 9.99. The summed E-state index contributed by atoms with van der Waals surface area (Å²) in [6, 6.07) is 0.157.